The van der Waals surface area contributed by atoms with E-state index in [2.05, 4.69) is 99.0 Å². The van der Waals surface area contributed by atoms with Crippen LogP contribution in [0.5, 0.6) is 0 Å². The Bertz CT molecular complexity index is 1180. The number of nitrogens with one attached hydrogen (secondary N) is 1. The van der Waals surface area contributed by atoms with Crippen LogP contribution in [-0.2, 0) is 14.3 Å². The molecule has 0 radical (unpaired) electrons. The van der Waals surface area contributed by atoms with E-state index in [1.54, 1.807) is 6.08 Å². The lowest BCUT2D eigenvalue weighted by molar-refractivity contribution is -0.148. The van der Waals surface area contributed by atoms with Gasteiger partial charge in [-0.2, -0.15) is 0 Å². The summed E-state index contributed by atoms with van der Waals surface area (Å²) in [7, 11) is 0. The van der Waals surface area contributed by atoms with Crippen molar-refractivity contribution in [2.45, 2.75) is 244 Å². The monoisotopic (exact) mass is 850 g/mol. The fraction of sp³-hybridized carbons (Fsp3) is 0.709. The molecule has 0 spiro atoms. The molecule has 0 aromatic heterocycles. The fourth-order valence-electron chi connectivity index (χ4n) is 7.13. The highest BCUT2D eigenvalue weighted by atomic mass is 16.5. The summed E-state index contributed by atoms with van der Waals surface area (Å²) in [4.78, 5) is 26.1. The van der Waals surface area contributed by atoms with Gasteiger partial charge < -0.3 is 20.3 Å². The molecule has 6 heteroatoms. The van der Waals surface area contributed by atoms with Gasteiger partial charge in [0.05, 0.1) is 25.2 Å². The Morgan fingerprint density at radius 1 is 0.508 bits per heavy atom. The zero-order valence-corrected chi connectivity index (χ0v) is 39.8. The van der Waals surface area contributed by atoms with Crippen LogP contribution in [0.3, 0.4) is 0 Å². The molecule has 61 heavy (non-hydrogen) atoms. The van der Waals surface area contributed by atoms with Crippen LogP contribution in [0.2, 0.25) is 0 Å². The van der Waals surface area contributed by atoms with Crippen molar-refractivity contribution in [3.8, 4) is 0 Å². The van der Waals surface area contributed by atoms with Crippen LogP contribution in [0, 0.1) is 0 Å². The zero-order valence-electron chi connectivity index (χ0n) is 39.8. The number of rotatable bonds is 44. The topological polar surface area (TPSA) is 95.9 Å². The molecule has 0 saturated carbocycles. The molecule has 6 nitrogen and oxygen atoms in total. The third kappa shape index (κ3) is 43.5. The molecule has 3 N–H and O–H groups in total. The number of esters is 1. The summed E-state index contributed by atoms with van der Waals surface area (Å²) in [6.07, 6.45) is 62.4. The highest BCUT2D eigenvalue weighted by Gasteiger charge is 2.23. The van der Waals surface area contributed by atoms with Gasteiger partial charge in [0.25, 0.3) is 0 Å². The number of unbranched alkanes of at least 4 members (excludes halogenated alkanes) is 20. The first-order valence-corrected chi connectivity index (χ1v) is 25.3. The van der Waals surface area contributed by atoms with Gasteiger partial charge in [-0.15, -0.1) is 0 Å². The van der Waals surface area contributed by atoms with Crippen LogP contribution in [0.15, 0.2) is 85.1 Å². The average molecular weight is 850 g/mol. The van der Waals surface area contributed by atoms with Gasteiger partial charge in [0.2, 0.25) is 5.91 Å². The van der Waals surface area contributed by atoms with Gasteiger partial charge >= 0.3 is 5.97 Å². The maximum Gasteiger partial charge on any atom is 0.306 e. The lowest BCUT2D eigenvalue weighted by Crippen LogP contribution is -2.46. The van der Waals surface area contributed by atoms with Gasteiger partial charge in [-0.3, -0.25) is 9.59 Å². The van der Waals surface area contributed by atoms with E-state index in [4.69, 9.17) is 4.74 Å². The predicted molar refractivity (Wildman–Crippen MR) is 264 cm³/mol. The molecule has 3 atom stereocenters. The molecule has 0 bridgehead atoms. The second-order valence-corrected chi connectivity index (χ2v) is 16.8. The zero-order chi connectivity index (χ0) is 44.5. The van der Waals surface area contributed by atoms with Crippen molar-refractivity contribution >= 4 is 11.9 Å². The molecule has 350 valence electrons. The quantitative estimate of drug-likeness (QED) is 0.0322. The highest BCUT2D eigenvalue weighted by molar-refractivity contribution is 5.78. The molecule has 1 amide bonds. The third-order valence-corrected chi connectivity index (χ3v) is 11.0. The summed E-state index contributed by atoms with van der Waals surface area (Å²) < 4.78 is 5.82. The Labute approximate surface area is 376 Å². The van der Waals surface area contributed by atoms with E-state index in [0.29, 0.717) is 19.3 Å². The standard InChI is InChI=1S/C55H95NO5/c1-4-7-10-13-16-19-22-24-26-27-28-30-33-36-39-42-45-48-55(60)61-51(46-43-40-37-34-32-29-25-23-20-17-14-11-8-5-2)49-54(59)56-52(50-57)53(58)47-44-41-38-35-31-21-18-15-12-9-6-3/h8,11,16-17,19-20,24-26,29,34,37,43,46,51-53,57-58H,4-7,9-10,12-15,18,21-23,27-28,30-33,35-36,38-42,44-45,47-50H2,1-3H3,(H,56,59)/b11-8+,19-16-,20-17+,26-24-,29-25+,37-34+,46-43+. The summed E-state index contributed by atoms with van der Waals surface area (Å²) in [6, 6.07) is -0.746. The normalized spacial score (nSPS) is 14.0. The maximum absolute atomic E-state index is 13.1. The van der Waals surface area contributed by atoms with Crippen LogP contribution in [-0.4, -0.2) is 46.9 Å². The van der Waals surface area contributed by atoms with Crippen LogP contribution in [0.1, 0.15) is 226 Å². The van der Waals surface area contributed by atoms with Gasteiger partial charge in [0, 0.05) is 6.42 Å². The fourth-order valence-corrected chi connectivity index (χ4v) is 7.13. The molecule has 0 heterocycles. The Kier molecular flexibility index (Phi) is 45.7. The van der Waals surface area contributed by atoms with Crippen molar-refractivity contribution in [3.63, 3.8) is 0 Å². The Morgan fingerprint density at radius 3 is 1.43 bits per heavy atom. The molecule has 3 unspecified atom stereocenters. The van der Waals surface area contributed by atoms with Gasteiger partial charge in [0.1, 0.15) is 6.10 Å². The Balaban J connectivity index is 4.74. The first kappa shape index (κ1) is 58.0. The van der Waals surface area contributed by atoms with Crippen LogP contribution in [0.25, 0.3) is 0 Å². The molecule has 0 aromatic rings. The van der Waals surface area contributed by atoms with Crippen molar-refractivity contribution < 1.29 is 24.5 Å². The molecule has 0 aliphatic carbocycles. The molecule has 0 aliphatic rings. The number of carbonyl (C=O) groups excluding carboxylic acids is 2. The summed E-state index contributed by atoms with van der Waals surface area (Å²) in [6.45, 7) is 6.29. The number of carbonyl (C=O) groups is 2. The van der Waals surface area contributed by atoms with E-state index in [1.807, 2.05) is 6.08 Å². The smallest absolute Gasteiger partial charge is 0.306 e. The number of aliphatic hydroxyl groups is 2. The number of hydrogen-bond acceptors (Lipinski definition) is 5. The van der Waals surface area contributed by atoms with E-state index < -0.39 is 18.2 Å². The summed E-state index contributed by atoms with van der Waals surface area (Å²) in [5.74, 6) is -0.642. The number of aliphatic hydroxyl groups excluding tert-OH is 2. The van der Waals surface area contributed by atoms with Crippen molar-refractivity contribution in [3.05, 3.63) is 85.1 Å². The lowest BCUT2D eigenvalue weighted by atomic mass is 10.0. The van der Waals surface area contributed by atoms with E-state index in [0.717, 1.165) is 77.0 Å². The Hall–Kier alpha value is -2.96. The molecular formula is C55H95NO5. The van der Waals surface area contributed by atoms with E-state index >= 15 is 0 Å². The van der Waals surface area contributed by atoms with Crippen molar-refractivity contribution in [2.24, 2.45) is 0 Å². The maximum atomic E-state index is 13.1. The molecular weight excluding hydrogens is 755 g/mol. The molecule has 0 rings (SSSR count). The molecule has 0 aromatic carbocycles. The number of hydrogen-bond donors (Lipinski definition) is 3. The van der Waals surface area contributed by atoms with E-state index in [9.17, 15) is 19.8 Å². The van der Waals surface area contributed by atoms with Crippen LogP contribution >= 0.6 is 0 Å². The lowest BCUT2D eigenvalue weighted by Gasteiger charge is -2.23. The number of allylic oxidation sites excluding steroid dienone is 13. The minimum atomic E-state index is -0.823. The van der Waals surface area contributed by atoms with Gasteiger partial charge in [-0.25, -0.2) is 0 Å². The largest absolute Gasteiger partial charge is 0.458 e. The van der Waals surface area contributed by atoms with Crippen molar-refractivity contribution in [2.75, 3.05) is 6.61 Å². The minimum Gasteiger partial charge on any atom is -0.458 e. The predicted octanol–water partition coefficient (Wildman–Crippen LogP) is 15.2. The minimum absolute atomic E-state index is 0.0525. The second kappa shape index (κ2) is 48.1. The van der Waals surface area contributed by atoms with Crippen molar-refractivity contribution in [1.82, 2.24) is 5.32 Å². The second-order valence-electron chi connectivity index (χ2n) is 16.8. The summed E-state index contributed by atoms with van der Waals surface area (Å²) in [5.41, 5.74) is 0. The number of amides is 1. The first-order valence-electron chi connectivity index (χ1n) is 25.3. The van der Waals surface area contributed by atoms with Gasteiger partial charge in [-0.1, -0.05) is 215 Å². The number of ether oxygens (including phenoxy) is 1. The van der Waals surface area contributed by atoms with Gasteiger partial charge in [0.15, 0.2) is 0 Å². The van der Waals surface area contributed by atoms with Crippen molar-refractivity contribution in [1.29, 1.82) is 0 Å². The third-order valence-electron chi connectivity index (χ3n) is 11.0. The SMILES string of the molecule is CC/C=C/C/C=C/C/C=C/C/C=C/C/C=C/C(CC(=O)NC(CO)C(O)CCCCCCCCCCCCC)OC(=O)CCCCCCCCC/C=C\C/C=C\CCCCC. The summed E-state index contributed by atoms with van der Waals surface area (Å²) >= 11 is 0. The molecule has 0 aliphatic heterocycles. The summed E-state index contributed by atoms with van der Waals surface area (Å²) in [5, 5.41) is 23.6. The average Bonchev–Trinajstić information content (AvgIpc) is 3.25. The van der Waals surface area contributed by atoms with Gasteiger partial charge in [-0.05, 0) is 83.1 Å². The molecule has 0 fully saturated rings. The van der Waals surface area contributed by atoms with E-state index in [1.165, 1.54) is 103 Å². The van der Waals surface area contributed by atoms with Crippen LogP contribution < -0.4 is 5.32 Å². The van der Waals surface area contributed by atoms with Crippen LogP contribution in [0.4, 0.5) is 0 Å². The molecule has 0 saturated heterocycles. The Morgan fingerprint density at radius 2 is 0.918 bits per heavy atom. The highest BCUT2D eigenvalue weighted by Crippen LogP contribution is 2.15. The van der Waals surface area contributed by atoms with E-state index in [-0.39, 0.29) is 24.9 Å². The first-order chi connectivity index (χ1) is 30.0.